The summed E-state index contributed by atoms with van der Waals surface area (Å²) < 4.78 is 4.83. The molecule has 1 saturated heterocycles. The molecule has 1 rings (SSSR count). The first-order valence-corrected chi connectivity index (χ1v) is 3.12. The summed E-state index contributed by atoms with van der Waals surface area (Å²) in [4.78, 5) is 0. The Morgan fingerprint density at radius 2 is 2.10 bits per heavy atom. The molecule has 1 fully saturated rings. The summed E-state index contributed by atoms with van der Waals surface area (Å²) in [7, 11) is 0. The van der Waals surface area contributed by atoms with Crippen LogP contribution in [0.2, 0.25) is 0 Å². The van der Waals surface area contributed by atoms with Crippen LogP contribution in [0.25, 0.3) is 0 Å². The predicted molar refractivity (Wildman–Crippen MR) is 33.1 cm³/mol. The molecule has 0 aliphatic carbocycles. The van der Waals surface area contributed by atoms with Crippen LogP contribution in [0.15, 0.2) is 0 Å². The zero-order chi connectivity index (χ0) is 7.72. The van der Waals surface area contributed by atoms with Gasteiger partial charge in [0.15, 0.2) is 0 Å². The first-order chi connectivity index (χ1) is 4.63. The van der Waals surface area contributed by atoms with E-state index in [1.807, 2.05) is 0 Å². The van der Waals surface area contributed by atoms with E-state index in [1.165, 1.54) is 0 Å². The third-order valence-corrected chi connectivity index (χ3v) is 1.57. The minimum atomic E-state index is -1.01. The smallest absolute Gasteiger partial charge is 0.112 e. The van der Waals surface area contributed by atoms with Gasteiger partial charge in [0.05, 0.1) is 12.7 Å². The molecule has 1 radical (unpaired) electrons. The van der Waals surface area contributed by atoms with Crippen molar-refractivity contribution in [2.75, 3.05) is 6.61 Å². The molecule has 0 saturated carbocycles. The van der Waals surface area contributed by atoms with E-state index in [0.717, 1.165) is 0 Å². The highest BCUT2D eigenvalue weighted by Crippen LogP contribution is 2.16. The van der Waals surface area contributed by atoms with Gasteiger partial charge >= 0.3 is 0 Å². The van der Waals surface area contributed by atoms with Gasteiger partial charge < -0.3 is 20.1 Å². The Hall–Kier alpha value is -0.160. The highest BCUT2D eigenvalue weighted by molar-refractivity contribution is 4.88. The predicted octanol–water partition coefficient (Wildman–Crippen LogP) is -1.70. The molecule has 0 aromatic heterocycles. The standard InChI is InChI=1S/C6H11O4/c1-3(7)6-5(9)4(8)2-10-6/h3-9H,1-2H2/t3?,4-,5+,6-/m1/s1. The second-order valence-electron chi connectivity index (χ2n) is 2.42. The fourth-order valence-electron chi connectivity index (χ4n) is 0.965. The fourth-order valence-corrected chi connectivity index (χ4v) is 0.965. The van der Waals surface area contributed by atoms with Gasteiger partial charge in [0.25, 0.3) is 0 Å². The van der Waals surface area contributed by atoms with Gasteiger partial charge in [0, 0.05) is 0 Å². The van der Waals surface area contributed by atoms with Gasteiger partial charge in [0.1, 0.15) is 18.3 Å². The van der Waals surface area contributed by atoms with Crippen molar-refractivity contribution in [1.29, 1.82) is 0 Å². The minimum absolute atomic E-state index is 0.0679. The van der Waals surface area contributed by atoms with E-state index in [1.54, 1.807) is 0 Å². The summed E-state index contributed by atoms with van der Waals surface area (Å²) in [6, 6.07) is 0. The molecular formula is C6H11O4. The molecular weight excluding hydrogens is 136 g/mol. The average Bonchev–Trinajstić information content (AvgIpc) is 2.14. The summed E-state index contributed by atoms with van der Waals surface area (Å²) in [5.74, 6) is 0. The first-order valence-electron chi connectivity index (χ1n) is 3.12. The van der Waals surface area contributed by atoms with Crippen LogP contribution in [0.3, 0.4) is 0 Å². The van der Waals surface area contributed by atoms with Crippen molar-refractivity contribution >= 4 is 0 Å². The van der Waals surface area contributed by atoms with Gasteiger partial charge in [-0.1, -0.05) is 0 Å². The third kappa shape index (κ3) is 1.29. The lowest BCUT2D eigenvalue weighted by atomic mass is 10.1. The Bertz CT molecular complexity index is 114. The van der Waals surface area contributed by atoms with Gasteiger partial charge in [0.2, 0.25) is 0 Å². The number of ether oxygens (including phenoxy) is 1. The minimum Gasteiger partial charge on any atom is -0.390 e. The molecule has 1 aliphatic heterocycles. The third-order valence-electron chi connectivity index (χ3n) is 1.57. The van der Waals surface area contributed by atoms with Crippen LogP contribution in [0.1, 0.15) is 0 Å². The lowest BCUT2D eigenvalue weighted by Crippen LogP contribution is -2.36. The van der Waals surface area contributed by atoms with Crippen molar-refractivity contribution in [3.8, 4) is 0 Å². The highest BCUT2D eigenvalue weighted by atomic mass is 16.5. The number of rotatable bonds is 1. The molecule has 0 aromatic rings. The van der Waals surface area contributed by atoms with Crippen molar-refractivity contribution in [3.63, 3.8) is 0 Å². The summed E-state index contributed by atoms with van der Waals surface area (Å²) in [6.45, 7) is 3.33. The average molecular weight is 147 g/mol. The van der Waals surface area contributed by atoms with Crippen LogP contribution in [0, 0.1) is 6.92 Å². The lowest BCUT2D eigenvalue weighted by molar-refractivity contribution is -0.0334. The Morgan fingerprint density at radius 1 is 1.50 bits per heavy atom. The topological polar surface area (TPSA) is 69.9 Å². The van der Waals surface area contributed by atoms with Crippen molar-refractivity contribution in [2.24, 2.45) is 0 Å². The second kappa shape index (κ2) is 2.84. The maximum Gasteiger partial charge on any atom is 0.112 e. The molecule has 3 N–H and O–H groups in total. The van der Waals surface area contributed by atoms with Crippen molar-refractivity contribution in [1.82, 2.24) is 0 Å². The maximum absolute atomic E-state index is 9.05. The quantitative estimate of drug-likeness (QED) is 0.413. The normalized spacial score (nSPS) is 43.8. The SMILES string of the molecule is [CH2]C(O)[C@H]1OC[C@@H](O)[C@@H]1O. The number of aliphatic hydroxyl groups is 3. The Balaban J connectivity index is 2.49. The monoisotopic (exact) mass is 147 g/mol. The van der Waals surface area contributed by atoms with Crippen molar-refractivity contribution in [3.05, 3.63) is 6.92 Å². The molecule has 1 unspecified atom stereocenters. The van der Waals surface area contributed by atoms with Crippen LogP contribution in [-0.4, -0.2) is 46.3 Å². The van der Waals surface area contributed by atoms with Gasteiger partial charge in [-0.05, 0) is 6.92 Å². The molecule has 0 bridgehead atoms. The van der Waals surface area contributed by atoms with Crippen LogP contribution in [0.4, 0.5) is 0 Å². The molecule has 1 heterocycles. The van der Waals surface area contributed by atoms with Crippen LogP contribution in [-0.2, 0) is 4.74 Å². The molecule has 59 valence electrons. The maximum atomic E-state index is 9.05. The first kappa shape index (κ1) is 7.94. The van der Waals surface area contributed by atoms with Gasteiger partial charge in [-0.25, -0.2) is 0 Å². The molecule has 0 spiro atoms. The van der Waals surface area contributed by atoms with Crippen molar-refractivity contribution < 1.29 is 20.1 Å². The van der Waals surface area contributed by atoms with Crippen LogP contribution in [0.5, 0.6) is 0 Å². The Morgan fingerprint density at radius 3 is 2.30 bits per heavy atom. The summed E-state index contributed by atoms with van der Waals surface area (Å²) >= 11 is 0. The van der Waals surface area contributed by atoms with E-state index < -0.39 is 24.4 Å². The zero-order valence-corrected chi connectivity index (χ0v) is 5.47. The van der Waals surface area contributed by atoms with E-state index in [-0.39, 0.29) is 6.61 Å². The molecule has 10 heavy (non-hydrogen) atoms. The number of hydrogen-bond donors (Lipinski definition) is 3. The molecule has 1 aliphatic rings. The molecule has 0 amide bonds. The fraction of sp³-hybridized carbons (Fsp3) is 0.833. The second-order valence-corrected chi connectivity index (χ2v) is 2.42. The van der Waals surface area contributed by atoms with E-state index in [2.05, 4.69) is 6.92 Å². The zero-order valence-electron chi connectivity index (χ0n) is 5.47. The Kier molecular flexibility index (Phi) is 2.25. The molecule has 4 heteroatoms. The van der Waals surface area contributed by atoms with Crippen LogP contribution < -0.4 is 0 Å². The van der Waals surface area contributed by atoms with E-state index in [4.69, 9.17) is 20.1 Å². The van der Waals surface area contributed by atoms with E-state index in [9.17, 15) is 0 Å². The van der Waals surface area contributed by atoms with E-state index in [0.29, 0.717) is 0 Å². The largest absolute Gasteiger partial charge is 0.390 e. The van der Waals surface area contributed by atoms with Gasteiger partial charge in [-0.2, -0.15) is 0 Å². The summed E-state index contributed by atoms with van der Waals surface area (Å²) in [6.07, 6.45) is -3.61. The summed E-state index contributed by atoms with van der Waals surface area (Å²) in [5.41, 5.74) is 0. The summed E-state index contributed by atoms with van der Waals surface area (Å²) in [5, 5.41) is 26.8. The highest BCUT2D eigenvalue weighted by Gasteiger charge is 2.37. The lowest BCUT2D eigenvalue weighted by Gasteiger charge is -2.16. The van der Waals surface area contributed by atoms with Gasteiger partial charge in [-0.15, -0.1) is 0 Å². The molecule has 0 aromatic carbocycles. The Labute approximate surface area is 59.1 Å². The molecule has 4 nitrogen and oxygen atoms in total. The van der Waals surface area contributed by atoms with Crippen LogP contribution >= 0.6 is 0 Å². The number of aliphatic hydroxyl groups excluding tert-OH is 3. The van der Waals surface area contributed by atoms with E-state index >= 15 is 0 Å². The molecule has 4 atom stereocenters. The van der Waals surface area contributed by atoms with Crippen molar-refractivity contribution in [2.45, 2.75) is 24.4 Å². The number of hydrogen-bond acceptors (Lipinski definition) is 4. The van der Waals surface area contributed by atoms with Gasteiger partial charge in [-0.3, -0.25) is 0 Å².